The number of fused-ring (bicyclic) bond motifs is 1. The summed E-state index contributed by atoms with van der Waals surface area (Å²) >= 11 is 8.01. The molecule has 0 amide bonds. The number of carboxylic acid groups (broad SMARTS) is 1. The molecule has 154 valence electrons. The van der Waals surface area contributed by atoms with Gasteiger partial charge < -0.3 is 9.84 Å². The van der Waals surface area contributed by atoms with E-state index in [4.69, 9.17) is 26.4 Å². The van der Waals surface area contributed by atoms with E-state index in [0.29, 0.717) is 18.1 Å². The van der Waals surface area contributed by atoms with Crippen molar-refractivity contribution in [2.75, 3.05) is 0 Å². The van der Waals surface area contributed by atoms with E-state index in [-0.39, 0.29) is 11.8 Å². The minimum atomic E-state index is -0.787. The largest absolute Gasteiger partial charge is 0.489 e. The number of thiazole rings is 1. The first-order chi connectivity index (χ1) is 13.6. The van der Waals surface area contributed by atoms with Crippen molar-refractivity contribution in [1.29, 1.82) is 0 Å². The summed E-state index contributed by atoms with van der Waals surface area (Å²) < 4.78 is 7.20. The molecular formula is C23H26ClNO3S. The third-order valence-electron chi connectivity index (χ3n) is 5.02. The van der Waals surface area contributed by atoms with Gasteiger partial charge in [0.2, 0.25) is 0 Å². The first-order valence-electron chi connectivity index (χ1n) is 9.59. The van der Waals surface area contributed by atoms with Gasteiger partial charge in [-0.2, -0.15) is 0 Å². The SMILES string of the molecule is Cc1c(CCC(=O)O)ccc(OCc2cc(Cl)cc3sc(C(C)(C)C)nc23)c1C. The first kappa shape index (κ1) is 21.6. The molecule has 1 aromatic heterocycles. The molecule has 0 aliphatic rings. The van der Waals surface area contributed by atoms with Crippen molar-refractivity contribution in [3.05, 3.63) is 56.5 Å². The number of hydrogen-bond acceptors (Lipinski definition) is 4. The molecule has 2 aromatic carbocycles. The second-order valence-electron chi connectivity index (χ2n) is 8.34. The lowest BCUT2D eigenvalue weighted by molar-refractivity contribution is -0.136. The van der Waals surface area contributed by atoms with Crippen LogP contribution in [0.1, 0.15) is 54.5 Å². The number of aromatic nitrogens is 1. The van der Waals surface area contributed by atoms with Crippen molar-refractivity contribution in [2.45, 2.75) is 59.5 Å². The molecule has 0 saturated heterocycles. The molecule has 0 spiro atoms. The summed E-state index contributed by atoms with van der Waals surface area (Å²) in [4.78, 5) is 15.7. The van der Waals surface area contributed by atoms with Gasteiger partial charge in [0.1, 0.15) is 12.4 Å². The fourth-order valence-electron chi connectivity index (χ4n) is 3.17. The minimum absolute atomic E-state index is 0.0201. The molecule has 1 heterocycles. The summed E-state index contributed by atoms with van der Waals surface area (Å²) in [5.74, 6) is 0.00576. The van der Waals surface area contributed by atoms with Gasteiger partial charge in [-0.3, -0.25) is 4.79 Å². The molecule has 0 fully saturated rings. The molecule has 0 radical (unpaired) electrons. The highest BCUT2D eigenvalue weighted by Crippen LogP contribution is 2.35. The fraction of sp³-hybridized carbons (Fsp3) is 0.391. The molecule has 1 N–H and O–H groups in total. The topological polar surface area (TPSA) is 59.4 Å². The normalized spacial score (nSPS) is 11.8. The molecule has 29 heavy (non-hydrogen) atoms. The van der Waals surface area contributed by atoms with Gasteiger partial charge in [-0.15, -0.1) is 11.3 Å². The Balaban J connectivity index is 1.86. The van der Waals surface area contributed by atoms with Gasteiger partial charge in [0.25, 0.3) is 0 Å². The highest BCUT2D eigenvalue weighted by Gasteiger charge is 2.20. The van der Waals surface area contributed by atoms with Crippen molar-refractivity contribution >= 4 is 39.1 Å². The van der Waals surface area contributed by atoms with E-state index in [0.717, 1.165) is 43.2 Å². The van der Waals surface area contributed by atoms with Crippen LogP contribution in [0.4, 0.5) is 0 Å². The number of carboxylic acids is 1. The number of aliphatic carboxylic acids is 1. The average Bonchev–Trinajstić information content (AvgIpc) is 3.06. The second kappa shape index (κ2) is 8.33. The second-order valence-corrected chi connectivity index (χ2v) is 9.80. The van der Waals surface area contributed by atoms with Crippen molar-refractivity contribution in [3.8, 4) is 5.75 Å². The van der Waals surface area contributed by atoms with Crippen LogP contribution in [0.3, 0.4) is 0 Å². The molecule has 0 atom stereocenters. The molecule has 0 aliphatic carbocycles. The zero-order valence-corrected chi connectivity index (χ0v) is 19.0. The van der Waals surface area contributed by atoms with E-state index >= 15 is 0 Å². The lowest BCUT2D eigenvalue weighted by Gasteiger charge is -2.15. The van der Waals surface area contributed by atoms with Crippen LogP contribution < -0.4 is 4.74 Å². The maximum absolute atomic E-state index is 10.9. The maximum atomic E-state index is 10.9. The quantitative estimate of drug-likeness (QED) is 0.486. The summed E-state index contributed by atoms with van der Waals surface area (Å²) in [6.45, 7) is 10.8. The Hall–Kier alpha value is -2.11. The van der Waals surface area contributed by atoms with Crippen LogP contribution in [-0.2, 0) is 23.2 Å². The van der Waals surface area contributed by atoms with Crippen LogP contribution in [0, 0.1) is 13.8 Å². The van der Waals surface area contributed by atoms with Gasteiger partial charge in [-0.05, 0) is 55.2 Å². The lowest BCUT2D eigenvalue weighted by atomic mass is 9.98. The number of halogens is 1. The predicted molar refractivity (Wildman–Crippen MR) is 120 cm³/mol. The van der Waals surface area contributed by atoms with E-state index in [2.05, 4.69) is 20.8 Å². The Kier molecular flexibility index (Phi) is 6.20. The van der Waals surface area contributed by atoms with Gasteiger partial charge in [0, 0.05) is 22.4 Å². The number of nitrogens with zero attached hydrogens (tertiary/aromatic N) is 1. The summed E-state index contributed by atoms with van der Waals surface area (Å²) in [7, 11) is 0. The molecule has 0 unspecified atom stereocenters. The summed E-state index contributed by atoms with van der Waals surface area (Å²) in [6.07, 6.45) is 0.645. The van der Waals surface area contributed by atoms with Crippen molar-refractivity contribution in [3.63, 3.8) is 0 Å². The van der Waals surface area contributed by atoms with Crippen LogP contribution in [0.5, 0.6) is 5.75 Å². The zero-order valence-electron chi connectivity index (χ0n) is 17.4. The van der Waals surface area contributed by atoms with Crippen LogP contribution in [0.15, 0.2) is 24.3 Å². The summed E-state index contributed by atoms with van der Waals surface area (Å²) in [5, 5.41) is 10.7. The standard InChI is InChI=1S/C23H26ClNO3S/c1-13-14(2)18(8-6-15(13)7-9-20(26)27)28-12-16-10-17(24)11-19-21(16)25-22(29-19)23(3,4)5/h6,8,10-11H,7,9,12H2,1-5H3,(H,26,27). The molecule has 6 heteroatoms. The highest BCUT2D eigenvalue weighted by atomic mass is 35.5. The van der Waals surface area contributed by atoms with Gasteiger partial charge >= 0.3 is 5.97 Å². The monoisotopic (exact) mass is 431 g/mol. The van der Waals surface area contributed by atoms with Crippen molar-refractivity contribution in [1.82, 2.24) is 4.98 Å². The van der Waals surface area contributed by atoms with Gasteiger partial charge in [0.05, 0.1) is 15.2 Å². The van der Waals surface area contributed by atoms with Crippen LogP contribution >= 0.6 is 22.9 Å². The zero-order chi connectivity index (χ0) is 21.3. The molecule has 0 bridgehead atoms. The Morgan fingerprint density at radius 3 is 2.55 bits per heavy atom. The number of carbonyl (C=O) groups is 1. The number of hydrogen-bond donors (Lipinski definition) is 1. The van der Waals surface area contributed by atoms with Crippen LogP contribution in [0.25, 0.3) is 10.2 Å². The summed E-state index contributed by atoms with van der Waals surface area (Å²) in [6, 6.07) is 7.75. The smallest absolute Gasteiger partial charge is 0.303 e. The molecule has 0 aliphatic heterocycles. The van der Waals surface area contributed by atoms with Crippen LogP contribution in [0.2, 0.25) is 5.02 Å². The van der Waals surface area contributed by atoms with E-state index in [9.17, 15) is 4.79 Å². The molecule has 3 rings (SSSR count). The fourth-order valence-corrected chi connectivity index (χ4v) is 4.58. The van der Waals surface area contributed by atoms with E-state index in [1.165, 1.54) is 0 Å². The van der Waals surface area contributed by atoms with Gasteiger partial charge in [0.15, 0.2) is 0 Å². The average molecular weight is 432 g/mol. The van der Waals surface area contributed by atoms with E-state index in [1.54, 1.807) is 11.3 Å². The Morgan fingerprint density at radius 1 is 1.17 bits per heavy atom. The molecular weight excluding hydrogens is 406 g/mol. The van der Waals surface area contributed by atoms with Gasteiger partial charge in [-0.1, -0.05) is 38.4 Å². The minimum Gasteiger partial charge on any atom is -0.489 e. The van der Waals surface area contributed by atoms with Gasteiger partial charge in [-0.25, -0.2) is 4.98 Å². The third kappa shape index (κ3) is 4.90. The van der Waals surface area contributed by atoms with Crippen molar-refractivity contribution in [2.24, 2.45) is 0 Å². The lowest BCUT2D eigenvalue weighted by Crippen LogP contribution is -2.10. The van der Waals surface area contributed by atoms with Crippen molar-refractivity contribution < 1.29 is 14.6 Å². The van der Waals surface area contributed by atoms with Crippen LogP contribution in [-0.4, -0.2) is 16.1 Å². The Bertz CT molecular complexity index is 1070. The number of ether oxygens (including phenoxy) is 1. The Labute approximate surface area is 180 Å². The maximum Gasteiger partial charge on any atom is 0.303 e. The predicted octanol–water partition coefficient (Wildman–Crippen LogP) is 6.46. The van der Waals surface area contributed by atoms with E-state index < -0.39 is 5.97 Å². The molecule has 0 saturated carbocycles. The molecule has 4 nitrogen and oxygen atoms in total. The first-order valence-corrected chi connectivity index (χ1v) is 10.8. The highest BCUT2D eigenvalue weighted by molar-refractivity contribution is 7.18. The number of benzene rings is 2. The number of rotatable bonds is 6. The Morgan fingerprint density at radius 2 is 1.90 bits per heavy atom. The van der Waals surface area contributed by atoms with E-state index in [1.807, 2.05) is 38.1 Å². The third-order valence-corrected chi connectivity index (χ3v) is 6.67. The number of aryl methyl sites for hydroxylation is 1. The summed E-state index contributed by atoms with van der Waals surface area (Å²) in [5.41, 5.74) is 5.02. The molecule has 3 aromatic rings.